The van der Waals surface area contributed by atoms with Gasteiger partial charge in [0, 0.05) is 0 Å². The third kappa shape index (κ3) is 2.09. The fourth-order valence-corrected chi connectivity index (χ4v) is 2.35. The second-order valence-corrected chi connectivity index (χ2v) is 4.66. The van der Waals surface area contributed by atoms with Crippen LogP contribution < -0.4 is 9.47 Å². The molecule has 1 aliphatic heterocycles. The molecule has 0 unspecified atom stereocenters. The molecule has 1 N–H and O–H groups in total. The smallest absolute Gasteiger partial charge is 0.170 e. The minimum Gasteiger partial charge on any atom is -0.504 e. The number of aromatic hydroxyl groups is 1. The van der Waals surface area contributed by atoms with Crippen molar-refractivity contribution >= 4 is 5.78 Å². The number of phenolic OH excluding ortho intramolecular Hbond substituents is 1. The quantitative estimate of drug-likeness (QED) is 0.911. The van der Waals surface area contributed by atoms with E-state index in [1.807, 2.05) is 12.1 Å². The SMILES string of the molecule is COc1cc([C@H]2CC(=O)c3ccccc3O2)ccc1O. The number of ketones is 1. The number of benzene rings is 2. The number of carbonyl (C=O) groups is 1. The van der Waals surface area contributed by atoms with Gasteiger partial charge in [0.1, 0.15) is 11.9 Å². The summed E-state index contributed by atoms with van der Waals surface area (Å²) in [5, 5.41) is 9.61. The van der Waals surface area contributed by atoms with Gasteiger partial charge in [-0.1, -0.05) is 18.2 Å². The molecular formula is C16H14O4. The second kappa shape index (κ2) is 4.89. The van der Waals surface area contributed by atoms with Crippen LogP contribution in [-0.2, 0) is 0 Å². The van der Waals surface area contributed by atoms with Crippen molar-refractivity contribution in [2.24, 2.45) is 0 Å². The van der Waals surface area contributed by atoms with Crippen LogP contribution in [0.15, 0.2) is 42.5 Å². The zero-order valence-corrected chi connectivity index (χ0v) is 11.0. The molecule has 0 saturated carbocycles. The monoisotopic (exact) mass is 270 g/mol. The van der Waals surface area contributed by atoms with E-state index in [1.165, 1.54) is 7.11 Å². The molecule has 0 aromatic heterocycles. The van der Waals surface area contributed by atoms with Crippen molar-refractivity contribution < 1.29 is 19.4 Å². The average Bonchev–Trinajstić information content (AvgIpc) is 2.47. The van der Waals surface area contributed by atoms with Crippen LogP contribution in [0.1, 0.15) is 28.4 Å². The van der Waals surface area contributed by atoms with Crippen molar-refractivity contribution in [2.45, 2.75) is 12.5 Å². The number of rotatable bonds is 2. The zero-order valence-electron chi connectivity index (χ0n) is 11.0. The summed E-state index contributed by atoms with van der Waals surface area (Å²) in [6.45, 7) is 0. The molecule has 1 atom stereocenters. The van der Waals surface area contributed by atoms with Crippen molar-refractivity contribution in [1.82, 2.24) is 0 Å². The first-order valence-electron chi connectivity index (χ1n) is 6.35. The third-order valence-electron chi connectivity index (χ3n) is 3.40. The molecular weight excluding hydrogens is 256 g/mol. The van der Waals surface area contributed by atoms with Gasteiger partial charge in [0.25, 0.3) is 0 Å². The second-order valence-electron chi connectivity index (χ2n) is 4.66. The van der Waals surface area contributed by atoms with Gasteiger partial charge < -0.3 is 14.6 Å². The van der Waals surface area contributed by atoms with Crippen LogP contribution in [0.5, 0.6) is 17.2 Å². The van der Waals surface area contributed by atoms with E-state index in [2.05, 4.69) is 0 Å². The fraction of sp³-hybridized carbons (Fsp3) is 0.188. The number of hydrogen-bond donors (Lipinski definition) is 1. The van der Waals surface area contributed by atoms with Crippen LogP contribution in [0.2, 0.25) is 0 Å². The van der Waals surface area contributed by atoms with Gasteiger partial charge in [0.2, 0.25) is 0 Å². The normalized spacial score (nSPS) is 17.2. The summed E-state index contributed by atoms with van der Waals surface area (Å²) < 4.78 is 11.0. The summed E-state index contributed by atoms with van der Waals surface area (Å²) >= 11 is 0. The molecule has 2 aromatic rings. The van der Waals surface area contributed by atoms with E-state index in [9.17, 15) is 9.90 Å². The zero-order chi connectivity index (χ0) is 14.1. The lowest BCUT2D eigenvalue weighted by Crippen LogP contribution is -2.20. The highest BCUT2D eigenvalue weighted by Gasteiger charge is 2.27. The molecule has 0 amide bonds. The molecule has 0 radical (unpaired) electrons. The molecule has 1 heterocycles. The van der Waals surface area contributed by atoms with Crippen LogP contribution in [0.3, 0.4) is 0 Å². The molecule has 102 valence electrons. The molecule has 4 heteroatoms. The maximum Gasteiger partial charge on any atom is 0.170 e. The molecule has 0 bridgehead atoms. The number of hydrogen-bond acceptors (Lipinski definition) is 4. The van der Waals surface area contributed by atoms with E-state index < -0.39 is 0 Å². The highest BCUT2D eigenvalue weighted by atomic mass is 16.5. The number of Topliss-reactive ketones (excluding diaryl/α,β-unsaturated/α-hetero) is 1. The lowest BCUT2D eigenvalue weighted by Gasteiger charge is -2.25. The summed E-state index contributed by atoms with van der Waals surface area (Å²) in [7, 11) is 1.49. The Balaban J connectivity index is 1.95. The van der Waals surface area contributed by atoms with Gasteiger partial charge in [-0.15, -0.1) is 0 Å². The maximum absolute atomic E-state index is 12.1. The highest BCUT2D eigenvalue weighted by Crippen LogP contribution is 2.37. The molecule has 3 rings (SSSR count). The predicted molar refractivity (Wildman–Crippen MR) is 73.4 cm³/mol. The lowest BCUT2D eigenvalue weighted by atomic mass is 9.96. The van der Waals surface area contributed by atoms with E-state index in [-0.39, 0.29) is 24.1 Å². The van der Waals surface area contributed by atoms with Crippen molar-refractivity contribution in [3.8, 4) is 17.2 Å². The Kier molecular flexibility index (Phi) is 3.06. The van der Waals surface area contributed by atoms with E-state index >= 15 is 0 Å². The van der Waals surface area contributed by atoms with Gasteiger partial charge in [-0.05, 0) is 29.8 Å². The first-order chi connectivity index (χ1) is 9.69. The Labute approximate surface area is 116 Å². The van der Waals surface area contributed by atoms with Crippen molar-refractivity contribution in [3.63, 3.8) is 0 Å². The molecule has 20 heavy (non-hydrogen) atoms. The van der Waals surface area contributed by atoms with Gasteiger partial charge >= 0.3 is 0 Å². The van der Waals surface area contributed by atoms with E-state index in [1.54, 1.807) is 30.3 Å². The van der Waals surface area contributed by atoms with Crippen molar-refractivity contribution in [1.29, 1.82) is 0 Å². The Hall–Kier alpha value is -2.49. The Bertz CT molecular complexity index is 663. The van der Waals surface area contributed by atoms with Crippen LogP contribution in [-0.4, -0.2) is 18.0 Å². The minimum absolute atomic E-state index is 0.0592. The number of phenols is 1. The summed E-state index contributed by atoms with van der Waals surface area (Å²) in [5.41, 5.74) is 1.43. The van der Waals surface area contributed by atoms with E-state index in [0.717, 1.165) is 5.56 Å². The van der Waals surface area contributed by atoms with Gasteiger partial charge in [0.05, 0.1) is 19.1 Å². The molecule has 0 aliphatic carbocycles. The van der Waals surface area contributed by atoms with Gasteiger partial charge in [-0.3, -0.25) is 4.79 Å². The lowest BCUT2D eigenvalue weighted by molar-refractivity contribution is 0.0850. The molecule has 0 saturated heterocycles. The Morgan fingerprint density at radius 3 is 2.85 bits per heavy atom. The van der Waals surface area contributed by atoms with Crippen LogP contribution >= 0.6 is 0 Å². The van der Waals surface area contributed by atoms with Crippen molar-refractivity contribution in [3.05, 3.63) is 53.6 Å². The first-order valence-corrected chi connectivity index (χ1v) is 6.35. The van der Waals surface area contributed by atoms with E-state index in [4.69, 9.17) is 9.47 Å². The highest BCUT2D eigenvalue weighted by molar-refractivity contribution is 5.99. The molecule has 2 aromatic carbocycles. The van der Waals surface area contributed by atoms with Gasteiger partial charge in [0.15, 0.2) is 17.3 Å². The van der Waals surface area contributed by atoms with Crippen molar-refractivity contribution in [2.75, 3.05) is 7.11 Å². The fourth-order valence-electron chi connectivity index (χ4n) is 2.35. The minimum atomic E-state index is -0.355. The van der Waals surface area contributed by atoms with E-state index in [0.29, 0.717) is 17.1 Å². The topological polar surface area (TPSA) is 55.8 Å². The molecule has 0 fully saturated rings. The van der Waals surface area contributed by atoms with Crippen LogP contribution in [0.25, 0.3) is 0 Å². The van der Waals surface area contributed by atoms with Crippen LogP contribution in [0.4, 0.5) is 0 Å². The standard InChI is InChI=1S/C16H14O4/c1-19-16-8-10(6-7-12(16)17)15-9-13(18)11-4-2-3-5-14(11)20-15/h2-8,15,17H,9H2,1H3/t15-/m1/s1. The number of methoxy groups -OCH3 is 1. The predicted octanol–water partition coefficient (Wildman–Crippen LogP) is 3.11. The van der Waals surface area contributed by atoms with Crippen LogP contribution in [0, 0.1) is 0 Å². The average molecular weight is 270 g/mol. The maximum atomic E-state index is 12.1. The molecule has 1 aliphatic rings. The Morgan fingerprint density at radius 1 is 1.25 bits per heavy atom. The van der Waals surface area contributed by atoms with Gasteiger partial charge in [-0.25, -0.2) is 0 Å². The Morgan fingerprint density at radius 2 is 2.05 bits per heavy atom. The largest absolute Gasteiger partial charge is 0.504 e. The third-order valence-corrected chi connectivity index (χ3v) is 3.40. The number of ether oxygens (including phenoxy) is 2. The number of fused-ring (bicyclic) bond motifs is 1. The number of para-hydroxylation sites is 1. The first kappa shape index (κ1) is 12.5. The summed E-state index contributed by atoms with van der Waals surface area (Å²) in [5.74, 6) is 1.10. The summed E-state index contributed by atoms with van der Waals surface area (Å²) in [4.78, 5) is 12.1. The summed E-state index contributed by atoms with van der Waals surface area (Å²) in [6.07, 6.45) is -0.0720. The molecule has 0 spiro atoms. The summed E-state index contributed by atoms with van der Waals surface area (Å²) in [6, 6.07) is 12.2. The number of carbonyl (C=O) groups excluding carboxylic acids is 1. The van der Waals surface area contributed by atoms with Gasteiger partial charge in [-0.2, -0.15) is 0 Å². The molecule has 4 nitrogen and oxygen atoms in total.